The summed E-state index contributed by atoms with van der Waals surface area (Å²) in [6, 6.07) is 20.9. The number of azide groups is 1. The minimum absolute atomic E-state index is 0.0400. The molecule has 3 rings (SSSR count). The van der Waals surface area contributed by atoms with E-state index >= 15 is 0 Å². The molecule has 3 atom stereocenters. The molecule has 5 nitrogen and oxygen atoms in total. The molecule has 1 saturated heterocycles. The van der Waals surface area contributed by atoms with E-state index in [-0.39, 0.29) is 23.3 Å². The van der Waals surface area contributed by atoms with E-state index in [9.17, 15) is 5.53 Å². The van der Waals surface area contributed by atoms with E-state index in [1.807, 2.05) is 0 Å². The van der Waals surface area contributed by atoms with Gasteiger partial charge in [-0.3, -0.25) is 0 Å². The normalized spacial score (nSPS) is 17.8. The second kappa shape index (κ2) is 17.0. The van der Waals surface area contributed by atoms with Gasteiger partial charge in [-0.25, -0.2) is 0 Å². The Morgan fingerprint density at radius 3 is 1.73 bits per heavy atom. The van der Waals surface area contributed by atoms with Crippen molar-refractivity contribution < 1.29 is 9.16 Å². The van der Waals surface area contributed by atoms with Gasteiger partial charge in [-0.2, -0.15) is 0 Å². The zero-order valence-corrected chi connectivity index (χ0v) is 26.6. The molecule has 2 aromatic carbocycles. The van der Waals surface area contributed by atoms with E-state index in [1.165, 1.54) is 87.4 Å². The van der Waals surface area contributed by atoms with Gasteiger partial charge in [0.05, 0.1) is 18.2 Å². The minimum atomic E-state index is -2.68. The molecule has 220 valence electrons. The van der Waals surface area contributed by atoms with Gasteiger partial charge in [-0.15, -0.1) is 0 Å². The maximum absolute atomic E-state index is 9.37. The molecule has 0 radical (unpaired) electrons. The fraction of sp³-hybridized carbons (Fsp3) is 0.647. The molecule has 0 N–H and O–H groups in total. The number of nitrogens with zero attached hydrogens (tertiary/aromatic N) is 3. The topological polar surface area (TPSA) is 70.5 Å². The van der Waals surface area contributed by atoms with Gasteiger partial charge in [-0.05, 0) is 27.4 Å². The number of ether oxygens (including phenoxy) is 1. The lowest BCUT2D eigenvalue weighted by Gasteiger charge is -2.43. The average Bonchev–Trinajstić information content (AvgIpc) is 3.73. The summed E-state index contributed by atoms with van der Waals surface area (Å²) in [5.74, 6) is 0. The van der Waals surface area contributed by atoms with Crippen LogP contribution in [0.4, 0.5) is 0 Å². The summed E-state index contributed by atoms with van der Waals surface area (Å²) >= 11 is 0. The van der Waals surface area contributed by atoms with Gasteiger partial charge in [0.15, 0.2) is 0 Å². The van der Waals surface area contributed by atoms with Crippen LogP contribution in [0, 0.1) is 0 Å². The van der Waals surface area contributed by atoms with Crippen molar-refractivity contribution in [2.75, 3.05) is 6.61 Å². The lowest BCUT2D eigenvalue weighted by atomic mass is 10.0. The largest absolute Gasteiger partial charge is 0.407 e. The highest BCUT2D eigenvalue weighted by atomic mass is 28.4. The highest BCUT2D eigenvalue weighted by Gasteiger charge is 2.52. The van der Waals surface area contributed by atoms with Crippen LogP contribution in [-0.4, -0.2) is 33.2 Å². The van der Waals surface area contributed by atoms with Crippen LogP contribution >= 0.6 is 0 Å². The molecule has 0 amide bonds. The third-order valence-electron chi connectivity index (χ3n) is 8.43. The average molecular weight is 564 g/mol. The van der Waals surface area contributed by atoms with Crippen molar-refractivity contribution in [3.05, 3.63) is 71.1 Å². The zero-order chi connectivity index (χ0) is 28.7. The van der Waals surface area contributed by atoms with Gasteiger partial charge in [0.1, 0.15) is 0 Å². The van der Waals surface area contributed by atoms with Gasteiger partial charge in [0.2, 0.25) is 0 Å². The Morgan fingerprint density at radius 2 is 1.27 bits per heavy atom. The van der Waals surface area contributed by atoms with Crippen LogP contribution in [0.5, 0.6) is 0 Å². The number of hydrogen-bond donors (Lipinski definition) is 0. The van der Waals surface area contributed by atoms with Crippen LogP contribution in [0.25, 0.3) is 10.4 Å². The standard InChI is InChI=1S/C34H53N3O2Si/c1-5-6-7-8-9-10-11-12-13-14-15-22-27-32-33(39-32)31(36-37-35)28-38-40(34(2,3)4,29-23-18-16-19-24-29)30-25-20-17-21-26-30/h16-21,23-26,31-33H,5-15,22,27-28H2,1-4H3/t31-,32+,33-/m0/s1. The van der Waals surface area contributed by atoms with Gasteiger partial charge in [0, 0.05) is 11.5 Å². The van der Waals surface area contributed by atoms with Crippen molar-refractivity contribution >= 4 is 18.7 Å². The van der Waals surface area contributed by atoms with Crippen molar-refractivity contribution in [1.29, 1.82) is 0 Å². The molecule has 0 bridgehead atoms. The van der Waals surface area contributed by atoms with Crippen LogP contribution in [0.15, 0.2) is 65.8 Å². The molecule has 0 aliphatic carbocycles. The number of benzene rings is 2. The molecule has 1 heterocycles. The smallest absolute Gasteiger partial charge is 0.261 e. The summed E-state index contributed by atoms with van der Waals surface area (Å²) in [5, 5.41) is 6.52. The molecule has 0 unspecified atom stereocenters. The van der Waals surface area contributed by atoms with E-state index in [4.69, 9.17) is 9.16 Å². The Kier molecular flexibility index (Phi) is 13.8. The van der Waals surface area contributed by atoms with Crippen LogP contribution in [0.3, 0.4) is 0 Å². The third kappa shape index (κ3) is 9.48. The highest BCUT2D eigenvalue weighted by molar-refractivity contribution is 6.99. The fourth-order valence-electron chi connectivity index (χ4n) is 6.15. The van der Waals surface area contributed by atoms with E-state index in [0.717, 1.165) is 6.42 Å². The summed E-state index contributed by atoms with van der Waals surface area (Å²) in [6.45, 7) is 9.46. The second-order valence-electron chi connectivity index (χ2n) is 12.6. The fourth-order valence-corrected chi connectivity index (χ4v) is 10.7. The maximum Gasteiger partial charge on any atom is 0.261 e. The van der Waals surface area contributed by atoms with Gasteiger partial charge in [0.25, 0.3) is 8.32 Å². The quantitative estimate of drug-likeness (QED) is 0.0402. The van der Waals surface area contributed by atoms with Gasteiger partial charge >= 0.3 is 0 Å². The van der Waals surface area contributed by atoms with Crippen molar-refractivity contribution in [2.45, 2.75) is 134 Å². The van der Waals surface area contributed by atoms with Gasteiger partial charge in [-0.1, -0.05) is 171 Å². The first-order chi connectivity index (χ1) is 19.4. The molecule has 1 aliphatic heterocycles. The summed E-state index contributed by atoms with van der Waals surface area (Å²) in [4.78, 5) is 3.19. The molecule has 2 aromatic rings. The molecule has 0 aromatic heterocycles. The molecule has 0 saturated carbocycles. The minimum Gasteiger partial charge on any atom is -0.407 e. The number of epoxide rings is 1. The third-order valence-corrected chi connectivity index (χ3v) is 13.4. The molecule has 1 fully saturated rings. The summed E-state index contributed by atoms with van der Waals surface area (Å²) in [5.41, 5.74) is 9.37. The van der Waals surface area contributed by atoms with Crippen LogP contribution in [0.1, 0.15) is 111 Å². The zero-order valence-electron chi connectivity index (χ0n) is 25.6. The monoisotopic (exact) mass is 563 g/mol. The Balaban J connectivity index is 1.49. The van der Waals surface area contributed by atoms with Crippen molar-refractivity contribution in [2.24, 2.45) is 5.11 Å². The van der Waals surface area contributed by atoms with E-state index in [0.29, 0.717) is 6.61 Å². The lowest BCUT2D eigenvalue weighted by Crippen LogP contribution is -2.67. The van der Waals surface area contributed by atoms with Crippen LogP contribution in [-0.2, 0) is 9.16 Å². The summed E-state index contributed by atoms with van der Waals surface area (Å²) in [6.07, 6.45) is 17.4. The highest BCUT2D eigenvalue weighted by Crippen LogP contribution is 2.38. The van der Waals surface area contributed by atoms with Crippen molar-refractivity contribution in [1.82, 2.24) is 0 Å². The molecule has 40 heavy (non-hydrogen) atoms. The molecule has 0 spiro atoms. The lowest BCUT2D eigenvalue weighted by molar-refractivity contribution is 0.242. The van der Waals surface area contributed by atoms with Crippen molar-refractivity contribution in [3.8, 4) is 0 Å². The molecule has 6 heteroatoms. The Morgan fingerprint density at radius 1 is 0.800 bits per heavy atom. The SMILES string of the molecule is CCCCCCCCCCCCCC[C@H]1O[C@H]1[C@H](CO[Si](c1ccccc1)(c1ccccc1)C(C)(C)C)N=[N+]=[N-]. The second-order valence-corrected chi connectivity index (χ2v) is 16.9. The predicted molar refractivity (Wildman–Crippen MR) is 171 cm³/mol. The number of hydrogen-bond acceptors (Lipinski definition) is 3. The number of unbranched alkanes of at least 4 members (excludes halogenated alkanes) is 11. The Labute approximate surface area is 244 Å². The Hall–Kier alpha value is -2.11. The van der Waals surface area contributed by atoms with Crippen LogP contribution < -0.4 is 10.4 Å². The first-order valence-corrected chi connectivity index (χ1v) is 17.8. The van der Waals surface area contributed by atoms with E-state index in [2.05, 4.69) is 98.4 Å². The van der Waals surface area contributed by atoms with E-state index < -0.39 is 8.32 Å². The summed E-state index contributed by atoms with van der Waals surface area (Å²) < 4.78 is 13.1. The maximum atomic E-state index is 9.37. The molecular weight excluding hydrogens is 510 g/mol. The van der Waals surface area contributed by atoms with E-state index in [1.54, 1.807) is 0 Å². The van der Waals surface area contributed by atoms with Crippen molar-refractivity contribution in [3.63, 3.8) is 0 Å². The summed E-state index contributed by atoms with van der Waals surface area (Å²) in [7, 11) is -2.68. The van der Waals surface area contributed by atoms with Gasteiger partial charge < -0.3 is 9.16 Å². The molecule has 1 aliphatic rings. The predicted octanol–water partition coefficient (Wildman–Crippen LogP) is 9.10. The van der Waals surface area contributed by atoms with Crippen LogP contribution in [0.2, 0.25) is 5.04 Å². The number of rotatable bonds is 20. The Bertz CT molecular complexity index is 965. The molecular formula is C34H53N3O2Si. The first-order valence-electron chi connectivity index (χ1n) is 15.9. The first kappa shape index (κ1) is 32.4.